The molecule has 0 fully saturated rings. The van der Waals surface area contributed by atoms with Crippen molar-refractivity contribution in [2.45, 2.75) is 6.42 Å². The number of hydrazine groups is 1. The molecule has 1 rings (SSSR count). The smallest absolute Gasteiger partial charge is 0.125 e. The van der Waals surface area contributed by atoms with Crippen LogP contribution in [0.1, 0.15) is 6.42 Å². The van der Waals surface area contributed by atoms with Crippen LogP contribution in [0, 0.1) is 0 Å². The Morgan fingerprint density at radius 1 is 1.67 bits per heavy atom. The third-order valence-corrected chi connectivity index (χ3v) is 1.81. The Hall–Kier alpha value is -1.09. The monoisotopic (exact) mass is 166 g/mol. The molecule has 0 aromatic carbocycles. The molecule has 0 saturated heterocycles. The molecule has 3 nitrogen and oxygen atoms in total. The second-order valence-corrected chi connectivity index (χ2v) is 2.89. The summed E-state index contributed by atoms with van der Waals surface area (Å²) in [5.74, 6) is 0. The first-order valence-electron chi connectivity index (χ1n) is 4.00. The highest BCUT2D eigenvalue weighted by atomic mass is 16.1. The lowest BCUT2D eigenvalue weighted by Crippen LogP contribution is -2.37. The third-order valence-electron chi connectivity index (χ3n) is 1.81. The summed E-state index contributed by atoms with van der Waals surface area (Å²) in [5, 5.41) is 4.05. The van der Waals surface area contributed by atoms with Gasteiger partial charge in [-0.15, -0.1) is 0 Å². The maximum absolute atomic E-state index is 10.3. The molecule has 3 heteroatoms. The molecule has 1 aliphatic rings. The average molecular weight is 166 g/mol. The standard InChI is InChI=1S/C9H14N2O/c1-10(2)11-7-4-3-5-9(11)6-8-12/h3-5,8H,6-7H2,1-2H3. The van der Waals surface area contributed by atoms with Crippen LogP contribution in [0.3, 0.4) is 0 Å². The molecule has 1 aliphatic heterocycles. The van der Waals surface area contributed by atoms with Crippen molar-refractivity contribution in [1.29, 1.82) is 0 Å². The Bertz CT molecular complexity index is 219. The van der Waals surface area contributed by atoms with Gasteiger partial charge in [-0.25, -0.2) is 5.01 Å². The Morgan fingerprint density at radius 2 is 2.42 bits per heavy atom. The number of rotatable bonds is 3. The fourth-order valence-corrected chi connectivity index (χ4v) is 1.22. The van der Waals surface area contributed by atoms with E-state index in [0.717, 1.165) is 18.5 Å². The maximum atomic E-state index is 10.3. The van der Waals surface area contributed by atoms with Crippen LogP contribution in [0.5, 0.6) is 0 Å². The largest absolute Gasteiger partial charge is 0.306 e. The second kappa shape index (κ2) is 4.07. The van der Waals surface area contributed by atoms with Gasteiger partial charge in [0, 0.05) is 26.2 Å². The highest BCUT2D eigenvalue weighted by Gasteiger charge is 2.11. The quantitative estimate of drug-likeness (QED) is 0.580. The topological polar surface area (TPSA) is 23.6 Å². The summed E-state index contributed by atoms with van der Waals surface area (Å²) in [6.07, 6.45) is 7.44. The van der Waals surface area contributed by atoms with Gasteiger partial charge in [-0.2, -0.15) is 0 Å². The minimum atomic E-state index is 0.489. The lowest BCUT2D eigenvalue weighted by atomic mass is 10.2. The van der Waals surface area contributed by atoms with E-state index in [0.29, 0.717) is 6.42 Å². The Kier molecular flexibility index (Phi) is 3.05. The minimum Gasteiger partial charge on any atom is -0.306 e. The van der Waals surface area contributed by atoms with E-state index in [1.165, 1.54) is 0 Å². The summed E-state index contributed by atoms with van der Waals surface area (Å²) >= 11 is 0. The Morgan fingerprint density at radius 3 is 3.00 bits per heavy atom. The van der Waals surface area contributed by atoms with Crippen molar-refractivity contribution in [3.05, 3.63) is 23.9 Å². The van der Waals surface area contributed by atoms with Crippen molar-refractivity contribution in [2.24, 2.45) is 0 Å². The van der Waals surface area contributed by atoms with E-state index in [9.17, 15) is 4.79 Å². The SMILES string of the molecule is CN(C)N1CC=CC=C1CC=O. The van der Waals surface area contributed by atoms with Crippen LogP contribution < -0.4 is 0 Å². The first-order chi connectivity index (χ1) is 5.75. The number of nitrogens with zero attached hydrogens (tertiary/aromatic N) is 2. The summed E-state index contributed by atoms with van der Waals surface area (Å²) in [7, 11) is 3.94. The van der Waals surface area contributed by atoms with E-state index >= 15 is 0 Å². The van der Waals surface area contributed by atoms with Crippen molar-refractivity contribution in [3.8, 4) is 0 Å². The van der Waals surface area contributed by atoms with E-state index in [1.807, 2.05) is 31.3 Å². The van der Waals surface area contributed by atoms with E-state index in [4.69, 9.17) is 0 Å². The molecule has 12 heavy (non-hydrogen) atoms. The van der Waals surface area contributed by atoms with Gasteiger partial charge in [0.05, 0.1) is 6.54 Å². The predicted octanol–water partition coefficient (Wildman–Crippen LogP) is 0.808. The maximum Gasteiger partial charge on any atom is 0.125 e. The van der Waals surface area contributed by atoms with Crippen molar-refractivity contribution in [3.63, 3.8) is 0 Å². The summed E-state index contributed by atoms with van der Waals surface area (Å²) in [6.45, 7) is 0.854. The lowest BCUT2D eigenvalue weighted by Gasteiger charge is -2.33. The normalized spacial score (nSPS) is 16.6. The zero-order valence-corrected chi connectivity index (χ0v) is 7.53. The number of aldehydes is 1. The van der Waals surface area contributed by atoms with Gasteiger partial charge in [0.15, 0.2) is 0 Å². The minimum absolute atomic E-state index is 0.489. The molecule has 0 spiro atoms. The van der Waals surface area contributed by atoms with Crippen LogP contribution in [0.4, 0.5) is 0 Å². The molecule has 66 valence electrons. The zero-order chi connectivity index (χ0) is 8.97. The fourth-order valence-electron chi connectivity index (χ4n) is 1.22. The van der Waals surface area contributed by atoms with Gasteiger partial charge in [0.2, 0.25) is 0 Å². The molecule has 0 saturated carbocycles. The predicted molar refractivity (Wildman–Crippen MR) is 48.3 cm³/mol. The van der Waals surface area contributed by atoms with Crippen molar-refractivity contribution in [2.75, 3.05) is 20.6 Å². The van der Waals surface area contributed by atoms with Crippen LogP contribution in [0.2, 0.25) is 0 Å². The number of carbonyl (C=O) groups is 1. The Labute approximate surface area is 72.9 Å². The van der Waals surface area contributed by atoms with Crippen molar-refractivity contribution < 1.29 is 4.79 Å². The van der Waals surface area contributed by atoms with Crippen molar-refractivity contribution in [1.82, 2.24) is 10.0 Å². The summed E-state index contributed by atoms with van der Waals surface area (Å²) in [4.78, 5) is 10.3. The highest BCUT2D eigenvalue weighted by molar-refractivity contribution is 5.54. The molecule has 0 bridgehead atoms. The highest BCUT2D eigenvalue weighted by Crippen LogP contribution is 2.12. The first kappa shape index (κ1) is 9.00. The molecule has 0 radical (unpaired) electrons. The Balaban J connectivity index is 2.69. The van der Waals surface area contributed by atoms with Gasteiger partial charge in [-0.05, 0) is 6.08 Å². The third kappa shape index (κ3) is 1.95. The van der Waals surface area contributed by atoms with Gasteiger partial charge in [0.1, 0.15) is 6.29 Å². The van der Waals surface area contributed by atoms with Crippen LogP contribution >= 0.6 is 0 Å². The summed E-state index contributed by atoms with van der Waals surface area (Å²) in [6, 6.07) is 0. The number of hydrogen-bond donors (Lipinski definition) is 0. The molecule has 1 heterocycles. The van der Waals surface area contributed by atoms with Crippen LogP contribution in [-0.2, 0) is 4.79 Å². The zero-order valence-electron chi connectivity index (χ0n) is 7.53. The molecule has 0 aliphatic carbocycles. The molecule has 0 atom stereocenters. The van der Waals surface area contributed by atoms with E-state index in [1.54, 1.807) is 0 Å². The molecule has 0 aromatic rings. The molecule has 0 aromatic heterocycles. The van der Waals surface area contributed by atoms with E-state index in [-0.39, 0.29) is 0 Å². The molecule has 0 unspecified atom stereocenters. The molecular formula is C9H14N2O. The number of hydrogen-bond acceptors (Lipinski definition) is 3. The fraction of sp³-hybridized carbons (Fsp3) is 0.444. The summed E-state index contributed by atoms with van der Waals surface area (Å²) < 4.78 is 0. The van der Waals surface area contributed by atoms with E-state index < -0.39 is 0 Å². The van der Waals surface area contributed by atoms with Crippen LogP contribution in [0.25, 0.3) is 0 Å². The van der Waals surface area contributed by atoms with Gasteiger partial charge >= 0.3 is 0 Å². The van der Waals surface area contributed by atoms with Crippen LogP contribution in [0.15, 0.2) is 23.9 Å². The van der Waals surface area contributed by atoms with Gasteiger partial charge < -0.3 is 9.80 Å². The van der Waals surface area contributed by atoms with E-state index in [2.05, 4.69) is 11.1 Å². The van der Waals surface area contributed by atoms with Gasteiger partial charge in [-0.1, -0.05) is 12.2 Å². The summed E-state index contributed by atoms with van der Waals surface area (Å²) in [5.41, 5.74) is 1.05. The number of carbonyl (C=O) groups excluding carboxylic acids is 1. The van der Waals surface area contributed by atoms with Gasteiger partial charge in [-0.3, -0.25) is 0 Å². The van der Waals surface area contributed by atoms with Crippen LogP contribution in [-0.4, -0.2) is 36.9 Å². The van der Waals surface area contributed by atoms with Crippen molar-refractivity contribution >= 4 is 6.29 Å². The molecule has 0 amide bonds. The molecule has 0 N–H and O–H groups in total. The van der Waals surface area contributed by atoms with Gasteiger partial charge in [0.25, 0.3) is 0 Å². The second-order valence-electron chi connectivity index (χ2n) is 2.89. The molecular weight excluding hydrogens is 152 g/mol. The average Bonchev–Trinajstić information content (AvgIpc) is 2.05. The lowest BCUT2D eigenvalue weighted by molar-refractivity contribution is -0.107. The first-order valence-corrected chi connectivity index (χ1v) is 4.00. The number of allylic oxidation sites excluding steroid dienone is 3.